The average molecular weight is 821 g/mol. The number of esters is 1. The monoisotopic (exact) mass is 820 g/mol. The topological polar surface area (TPSA) is 174 Å². The molecule has 0 saturated carbocycles. The van der Waals surface area contributed by atoms with Gasteiger partial charge in [-0.15, -0.1) is 0 Å². The summed E-state index contributed by atoms with van der Waals surface area (Å²) in [5.74, 6) is -0.708. The Bertz CT molecular complexity index is 2900. The highest BCUT2D eigenvalue weighted by Gasteiger charge is 2.43. The largest absolute Gasteiger partial charge is 0.459 e. The van der Waals surface area contributed by atoms with E-state index < -0.39 is 43.3 Å². The number of H-pyrrole nitrogens is 2. The Kier molecular flexibility index (Phi) is 10.2. The fourth-order valence-corrected chi connectivity index (χ4v) is 8.32. The molecule has 8 bridgehead atoms. The number of fused-ring (bicyclic) bond motifs is 8. The lowest BCUT2D eigenvalue weighted by molar-refractivity contribution is -0.286. The molecule has 3 aromatic heterocycles. The zero-order chi connectivity index (χ0) is 42.3. The fraction of sp³-hybridized carbons (Fsp3) is 0.118. The molecule has 11 nitrogen and oxygen atoms in total. The molecule has 62 heavy (non-hydrogen) atoms. The molecule has 4 aromatic carbocycles. The first-order valence-electron chi connectivity index (χ1n) is 20.3. The number of carbonyl (C=O) groups excluding carboxylic acids is 1. The van der Waals surface area contributed by atoms with Crippen LogP contribution >= 0.6 is 0 Å². The van der Waals surface area contributed by atoms with Gasteiger partial charge in [-0.3, -0.25) is 0 Å². The molecule has 6 N–H and O–H groups in total. The van der Waals surface area contributed by atoms with Gasteiger partial charge in [-0.1, -0.05) is 103 Å². The maximum Gasteiger partial charge on any atom is 0.338 e. The van der Waals surface area contributed by atoms with Crippen molar-refractivity contribution in [2.24, 2.45) is 0 Å². The third kappa shape index (κ3) is 7.23. The highest BCUT2D eigenvalue weighted by atomic mass is 16.6. The van der Waals surface area contributed by atoms with E-state index in [0.29, 0.717) is 11.4 Å². The molecule has 0 aliphatic carbocycles. The van der Waals surface area contributed by atoms with Crippen LogP contribution in [0.25, 0.3) is 90.9 Å². The summed E-state index contributed by atoms with van der Waals surface area (Å²) in [4.78, 5) is 31.4. The predicted octanol–water partition coefficient (Wildman–Crippen LogP) is 8.28. The number of benzene rings is 4. The zero-order valence-electron chi connectivity index (χ0n) is 33.1. The van der Waals surface area contributed by atoms with Crippen LogP contribution < -0.4 is 0 Å². The molecule has 6 heterocycles. The van der Waals surface area contributed by atoms with Gasteiger partial charge in [0.05, 0.1) is 28.3 Å². The normalized spacial score (nSPS) is 19.4. The van der Waals surface area contributed by atoms with Crippen LogP contribution in [0.2, 0.25) is 0 Å². The van der Waals surface area contributed by atoms with Gasteiger partial charge in [-0.05, 0) is 83.0 Å². The molecule has 0 amide bonds. The standard InChI is InChI=1S/C51H40N4O7/c56-47-42(62-51(60)49(58)48(47)57)28-61-50(59)33-18-16-32(17-19-33)46-40-26-24-38(54-40)44(30-12-6-2-7-13-30)36-22-20-34(52-36)43(29-10-4-1-5-11-29)35-21-23-37(53-35)45(31-14-8-3-9-15-31)39-25-27-41(46)55-39/h1-27,42,47-49,51-53,56-58,60H,28H2/t42-,47+,48+,49-,51?/m1/s1. The molecule has 1 unspecified atom stereocenters. The van der Waals surface area contributed by atoms with Gasteiger partial charge in [-0.25, -0.2) is 14.8 Å². The minimum atomic E-state index is -1.74. The van der Waals surface area contributed by atoms with E-state index >= 15 is 0 Å². The van der Waals surface area contributed by atoms with Crippen molar-refractivity contribution in [1.82, 2.24) is 19.9 Å². The van der Waals surface area contributed by atoms with Crippen molar-refractivity contribution in [3.63, 3.8) is 0 Å². The number of ether oxygens (including phenoxy) is 2. The van der Waals surface area contributed by atoms with Gasteiger partial charge in [0, 0.05) is 44.3 Å². The van der Waals surface area contributed by atoms with Crippen LogP contribution in [0.15, 0.2) is 140 Å². The SMILES string of the molecule is O=C(OC[C@H]1OC(O)[C@H](O)[C@@H](O)[C@H]1O)c1ccc(-c2c3nc(c(-c4ccccc4)c4ccc([nH]4)c(-c4ccccc4)c4ccc([nH]4)c(-c4ccccc4)c4nc2C=C4)C=C3)cc1. The number of carbonyl (C=O) groups is 1. The van der Waals surface area contributed by atoms with Crippen molar-refractivity contribution >= 4 is 52.3 Å². The van der Waals surface area contributed by atoms with E-state index in [0.717, 1.165) is 78.0 Å². The highest BCUT2D eigenvalue weighted by molar-refractivity contribution is 6.00. The average Bonchev–Trinajstić information content (AvgIpc) is 4.16. The number of rotatable bonds is 7. The lowest BCUT2D eigenvalue weighted by Gasteiger charge is -2.37. The molecule has 3 aliphatic heterocycles. The Labute approximate surface area is 355 Å². The summed E-state index contributed by atoms with van der Waals surface area (Å²) in [5, 5.41) is 40.2. The maximum absolute atomic E-state index is 13.2. The van der Waals surface area contributed by atoms with E-state index in [1.54, 1.807) is 12.1 Å². The van der Waals surface area contributed by atoms with E-state index in [1.807, 2.05) is 91.0 Å². The van der Waals surface area contributed by atoms with E-state index in [2.05, 4.69) is 70.6 Å². The molecule has 1 saturated heterocycles. The van der Waals surface area contributed by atoms with Gasteiger partial charge in [0.2, 0.25) is 0 Å². The van der Waals surface area contributed by atoms with Crippen LogP contribution in [0.1, 0.15) is 33.1 Å². The Morgan fingerprint density at radius 3 is 1.35 bits per heavy atom. The lowest BCUT2D eigenvalue weighted by atomic mass is 9.99. The first kappa shape index (κ1) is 38.9. The zero-order valence-corrected chi connectivity index (χ0v) is 33.1. The van der Waals surface area contributed by atoms with E-state index in [-0.39, 0.29) is 5.56 Å². The lowest BCUT2D eigenvalue weighted by Crippen LogP contribution is -2.58. The Balaban J connectivity index is 1.17. The minimum Gasteiger partial charge on any atom is -0.459 e. The summed E-state index contributed by atoms with van der Waals surface area (Å²) in [6, 6.07) is 46.0. The summed E-state index contributed by atoms with van der Waals surface area (Å²) in [5.41, 5.74) is 14.1. The second kappa shape index (κ2) is 16.3. The van der Waals surface area contributed by atoms with Crippen molar-refractivity contribution in [2.45, 2.75) is 30.7 Å². The number of hydrogen-bond donors (Lipinski definition) is 6. The van der Waals surface area contributed by atoms with Crippen molar-refractivity contribution in [1.29, 1.82) is 0 Å². The van der Waals surface area contributed by atoms with Crippen LogP contribution in [-0.2, 0) is 9.47 Å². The van der Waals surface area contributed by atoms with Crippen LogP contribution in [-0.4, -0.2) is 83.6 Å². The van der Waals surface area contributed by atoms with Gasteiger partial charge in [0.15, 0.2) is 6.29 Å². The van der Waals surface area contributed by atoms with Crippen molar-refractivity contribution < 1.29 is 34.7 Å². The summed E-state index contributed by atoms with van der Waals surface area (Å²) < 4.78 is 10.6. The first-order chi connectivity index (χ1) is 30.3. The van der Waals surface area contributed by atoms with Crippen LogP contribution in [0.3, 0.4) is 0 Å². The summed E-state index contributed by atoms with van der Waals surface area (Å²) >= 11 is 0. The fourth-order valence-electron chi connectivity index (χ4n) is 8.32. The molecule has 0 spiro atoms. The van der Waals surface area contributed by atoms with Crippen molar-refractivity contribution in [3.8, 4) is 44.5 Å². The number of aliphatic hydroxyl groups is 4. The summed E-state index contributed by atoms with van der Waals surface area (Å²) in [6.07, 6.45) is 0.0798. The van der Waals surface area contributed by atoms with Crippen LogP contribution in [0.4, 0.5) is 0 Å². The van der Waals surface area contributed by atoms with Crippen molar-refractivity contribution in [2.75, 3.05) is 6.61 Å². The molecular formula is C51H40N4O7. The molecule has 5 atom stereocenters. The second-order valence-electron chi connectivity index (χ2n) is 15.3. The number of nitrogens with one attached hydrogen (secondary N) is 2. The molecule has 10 rings (SSSR count). The van der Waals surface area contributed by atoms with Crippen LogP contribution in [0, 0.1) is 0 Å². The van der Waals surface area contributed by atoms with Crippen molar-refractivity contribution in [3.05, 3.63) is 168 Å². The minimum absolute atomic E-state index is 0.220. The third-order valence-corrected chi connectivity index (χ3v) is 11.4. The quantitative estimate of drug-likeness (QED) is 0.0865. The summed E-state index contributed by atoms with van der Waals surface area (Å²) in [6.45, 7) is -0.461. The number of aromatic nitrogens is 4. The van der Waals surface area contributed by atoms with E-state index in [1.165, 1.54) is 0 Å². The number of nitrogens with zero attached hydrogens (tertiary/aromatic N) is 2. The maximum atomic E-state index is 13.2. The molecule has 3 aliphatic rings. The van der Waals surface area contributed by atoms with Gasteiger partial charge in [0.25, 0.3) is 0 Å². The Hall–Kier alpha value is -7.25. The predicted molar refractivity (Wildman–Crippen MR) is 240 cm³/mol. The Morgan fingerprint density at radius 1 is 0.484 bits per heavy atom. The highest BCUT2D eigenvalue weighted by Crippen LogP contribution is 2.38. The van der Waals surface area contributed by atoms with Gasteiger partial charge < -0.3 is 39.9 Å². The number of aliphatic hydroxyl groups excluding tert-OH is 4. The molecule has 0 radical (unpaired) electrons. The number of aromatic amines is 2. The van der Waals surface area contributed by atoms with E-state index in [4.69, 9.17) is 19.4 Å². The molecule has 306 valence electrons. The molecule has 1 fully saturated rings. The first-order valence-corrected chi connectivity index (χ1v) is 20.3. The van der Waals surface area contributed by atoms with E-state index in [9.17, 15) is 25.2 Å². The summed E-state index contributed by atoms with van der Waals surface area (Å²) in [7, 11) is 0. The molecule has 11 heteroatoms. The molecule has 7 aromatic rings. The third-order valence-electron chi connectivity index (χ3n) is 11.4. The number of hydrogen-bond acceptors (Lipinski definition) is 9. The van der Waals surface area contributed by atoms with Gasteiger partial charge in [-0.2, -0.15) is 0 Å². The molecular weight excluding hydrogens is 781 g/mol. The van der Waals surface area contributed by atoms with Gasteiger partial charge in [0.1, 0.15) is 31.0 Å². The van der Waals surface area contributed by atoms with Crippen LogP contribution in [0.5, 0.6) is 0 Å². The van der Waals surface area contributed by atoms with Gasteiger partial charge >= 0.3 is 5.97 Å². The second-order valence-corrected chi connectivity index (χ2v) is 15.3. The Morgan fingerprint density at radius 2 is 0.887 bits per heavy atom. The smallest absolute Gasteiger partial charge is 0.338 e.